The van der Waals surface area contributed by atoms with Crippen LogP contribution >= 0.6 is 11.3 Å². The van der Waals surface area contributed by atoms with Crippen molar-refractivity contribution < 1.29 is 23.8 Å². The third kappa shape index (κ3) is 2.67. The number of nitrogens with two attached hydrogens (primary N) is 1. The molecule has 1 heterocycles. The molecule has 0 radical (unpaired) electrons. The molecule has 1 aromatic heterocycles. The van der Waals surface area contributed by atoms with Crippen LogP contribution in [0.4, 0.5) is 5.69 Å². The highest BCUT2D eigenvalue weighted by Crippen LogP contribution is 2.39. The highest BCUT2D eigenvalue weighted by atomic mass is 32.1. The lowest BCUT2D eigenvalue weighted by atomic mass is 10.2. The minimum absolute atomic E-state index is 0.281. The fraction of sp³-hybridized carbons (Fsp3) is 0.231. The van der Waals surface area contributed by atoms with E-state index >= 15 is 0 Å². The number of benzene rings is 1. The number of carbonyl (C=O) groups is 2. The monoisotopic (exact) mass is 295 g/mol. The van der Waals surface area contributed by atoms with Gasteiger partial charge in [-0.2, -0.15) is 0 Å². The van der Waals surface area contributed by atoms with E-state index in [0.717, 1.165) is 4.70 Å². The molecular formula is C13H13NO5S. The number of methoxy groups -OCH3 is 2. The maximum absolute atomic E-state index is 11.8. The summed E-state index contributed by atoms with van der Waals surface area (Å²) in [6, 6.07) is 5.17. The molecule has 106 valence electrons. The van der Waals surface area contributed by atoms with E-state index in [2.05, 4.69) is 4.74 Å². The molecule has 7 heteroatoms. The Morgan fingerprint density at radius 2 is 2.00 bits per heavy atom. The second-order valence-corrected chi connectivity index (χ2v) is 4.92. The molecule has 0 aliphatic heterocycles. The molecule has 0 amide bonds. The van der Waals surface area contributed by atoms with E-state index in [1.165, 1.54) is 25.6 Å². The van der Waals surface area contributed by atoms with Crippen molar-refractivity contribution in [2.75, 3.05) is 26.6 Å². The van der Waals surface area contributed by atoms with Crippen LogP contribution in [-0.2, 0) is 14.3 Å². The topological polar surface area (TPSA) is 87.8 Å². The number of fused-ring (bicyclic) bond motifs is 1. The number of carbonyl (C=O) groups excluding carboxylic acids is 2. The summed E-state index contributed by atoms with van der Waals surface area (Å²) in [5, 5.41) is 0.702. The predicted molar refractivity (Wildman–Crippen MR) is 75.1 cm³/mol. The Bertz CT molecular complexity index is 664. The zero-order valence-electron chi connectivity index (χ0n) is 11.0. The average molecular weight is 295 g/mol. The van der Waals surface area contributed by atoms with Crippen molar-refractivity contribution in [3.05, 3.63) is 23.1 Å². The van der Waals surface area contributed by atoms with Gasteiger partial charge in [-0.3, -0.25) is 0 Å². The molecule has 2 rings (SSSR count). The van der Waals surface area contributed by atoms with Crippen molar-refractivity contribution in [3.63, 3.8) is 0 Å². The number of thiophene rings is 1. The van der Waals surface area contributed by atoms with Crippen molar-refractivity contribution in [1.29, 1.82) is 0 Å². The number of anilines is 1. The standard InChI is InChI=1S/C13H13NO5S/c1-17-10(15)6-19-11-8-4-3-7(14)5-9(8)20-12(11)13(16)18-2/h3-5H,6,14H2,1-2H3. The van der Waals surface area contributed by atoms with Crippen LogP contribution in [-0.4, -0.2) is 32.8 Å². The summed E-state index contributed by atoms with van der Waals surface area (Å²) in [6.07, 6.45) is 0. The van der Waals surface area contributed by atoms with Gasteiger partial charge in [0.25, 0.3) is 0 Å². The third-order valence-corrected chi connectivity index (χ3v) is 3.72. The summed E-state index contributed by atoms with van der Waals surface area (Å²) in [5.41, 5.74) is 6.29. The van der Waals surface area contributed by atoms with Gasteiger partial charge in [0.2, 0.25) is 0 Å². The molecule has 0 unspecified atom stereocenters. The van der Waals surface area contributed by atoms with Crippen LogP contribution in [0.25, 0.3) is 10.1 Å². The van der Waals surface area contributed by atoms with E-state index in [9.17, 15) is 9.59 Å². The van der Waals surface area contributed by atoms with E-state index in [0.29, 0.717) is 16.8 Å². The number of hydrogen-bond acceptors (Lipinski definition) is 7. The Labute approximate surface area is 119 Å². The maximum atomic E-state index is 11.8. The van der Waals surface area contributed by atoms with Crippen LogP contribution in [0, 0.1) is 0 Å². The van der Waals surface area contributed by atoms with Crippen LogP contribution in [0.15, 0.2) is 18.2 Å². The van der Waals surface area contributed by atoms with E-state index in [4.69, 9.17) is 15.2 Å². The lowest BCUT2D eigenvalue weighted by Crippen LogP contribution is -2.13. The van der Waals surface area contributed by atoms with Gasteiger partial charge in [-0.25, -0.2) is 9.59 Å². The highest BCUT2D eigenvalue weighted by Gasteiger charge is 2.21. The first-order valence-electron chi connectivity index (χ1n) is 5.66. The van der Waals surface area contributed by atoms with Crippen LogP contribution in [0.3, 0.4) is 0 Å². The van der Waals surface area contributed by atoms with Crippen LogP contribution < -0.4 is 10.5 Å². The molecule has 2 aromatic rings. The quantitative estimate of drug-likeness (QED) is 0.684. The van der Waals surface area contributed by atoms with Crippen molar-refractivity contribution in [2.24, 2.45) is 0 Å². The van der Waals surface area contributed by atoms with Gasteiger partial charge in [0, 0.05) is 15.8 Å². The molecule has 0 spiro atoms. The number of esters is 2. The normalized spacial score (nSPS) is 10.3. The molecule has 0 atom stereocenters. The summed E-state index contributed by atoms with van der Waals surface area (Å²) in [5.74, 6) is -0.748. The van der Waals surface area contributed by atoms with Gasteiger partial charge >= 0.3 is 11.9 Å². The SMILES string of the molecule is COC(=O)COc1c(C(=O)OC)sc2cc(N)ccc12. The van der Waals surface area contributed by atoms with Crippen LogP contribution in [0.5, 0.6) is 5.75 Å². The first-order valence-corrected chi connectivity index (χ1v) is 6.48. The molecule has 2 N–H and O–H groups in total. The molecule has 0 bridgehead atoms. The number of nitrogen functional groups attached to an aromatic ring is 1. The second kappa shape index (κ2) is 5.79. The summed E-state index contributed by atoms with van der Waals surface area (Å²) >= 11 is 1.20. The minimum atomic E-state index is -0.532. The fourth-order valence-electron chi connectivity index (χ4n) is 1.65. The zero-order chi connectivity index (χ0) is 14.7. The third-order valence-electron chi connectivity index (χ3n) is 2.60. The molecule has 1 aromatic carbocycles. The molecule has 0 aliphatic rings. The van der Waals surface area contributed by atoms with Crippen molar-refractivity contribution >= 4 is 39.0 Å². The van der Waals surface area contributed by atoms with Crippen molar-refractivity contribution in [2.45, 2.75) is 0 Å². The van der Waals surface area contributed by atoms with E-state index in [1.54, 1.807) is 18.2 Å². The molecule has 0 aliphatic carbocycles. The Morgan fingerprint density at radius 3 is 2.65 bits per heavy atom. The molecule has 0 saturated carbocycles. The van der Waals surface area contributed by atoms with Gasteiger partial charge in [0.1, 0.15) is 0 Å². The summed E-state index contributed by atoms with van der Waals surface area (Å²) in [6.45, 7) is -0.281. The van der Waals surface area contributed by atoms with E-state index < -0.39 is 11.9 Å². The van der Waals surface area contributed by atoms with Crippen LogP contribution in [0.2, 0.25) is 0 Å². The van der Waals surface area contributed by atoms with Gasteiger partial charge in [0.15, 0.2) is 17.2 Å². The highest BCUT2D eigenvalue weighted by molar-refractivity contribution is 7.21. The Balaban J connectivity index is 2.47. The lowest BCUT2D eigenvalue weighted by molar-refractivity contribution is -0.142. The summed E-state index contributed by atoms with van der Waals surface area (Å²) in [7, 11) is 2.55. The van der Waals surface area contributed by atoms with Crippen LogP contribution in [0.1, 0.15) is 9.67 Å². The Kier molecular flexibility index (Phi) is 4.09. The van der Waals surface area contributed by atoms with Gasteiger partial charge in [-0.1, -0.05) is 0 Å². The average Bonchev–Trinajstić information content (AvgIpc) is 2.81. The van der Waals surface area contributed by atoms with Gasteiger partial charge in [0.05, 0.1) is 14.2 Å². The second-order valence-electron chi connectivity index (χ2n) is 3.87. The molecule has 6 nitrogen and oxygen atoms in total. The van der Waals surface area contributed by atoms with Crippen molar-refractivity contribution in [1.82, 2.24) is 0 Å². The molecule has 0 fully saturated rings. The largest absolute Gasteiger partial charge is 0.479 e. The summed E-state index contributed by atoms with van der Waals surface area (Å²) < 4.78 is 15.4. The molecular weight excluding hydrogens is 282 g/mol. The van der Waals surface area contributed by atoms with E-state index in [1.807, 2.05) is 0 Å². The number of rotatable bonds is 4. The number of ether oxygens (including phenoxy) is 3. The zero-order valence-corrected chi connectivity index (χ0v) is 11.8. The minimum Gasteiger partial charge on any atom is -0.479 e. The van der Waals surface area contributed by atoms with Gasteiger partial charge in [-0.05, 0) is 18.2 Å². The first kappa shape index (κ1) is 14.1. The Morgan fingerprint density at radius 1 is 1.25 bits per heavy atom. The summed E-state index contributed by atoms with van der Waals surface area (Å²) in [4.78, 5) is 23.2. The fourth-order valence-corrected chi connectivity index (χ4v) is 2.76. The lowest BCUT2D eigenvalue weighted by Gasteiger charge is -2.06. The predicted octanol–water partition coefficient (Wildman–Crippen LogP) is 1.82. The molecule has 20 heavy (non-hydrogen) atoms. The van der Waals surface area contributed by atoms with Gasteiger partial charge < -0.3 is 19.9 Å². The van der Waals surface area contributed by atoms with Gasteiger partial charge in [-0.15, -0.1) is 11.3 Å². The molecule has 0 saturated heterocycles. The van der Waals surface area contributed by atoms with Crippen molar-refractivity contribution in [3.8, 4) is 5.75 Å². The van der Waals surface area contributed by atoms with E-state index in [-0.39, 0.29) is 11.5 Å². The Hall–Kier alpha value is -2.28. The maximum Gasteiger partial charge on any atom is 0.351 e. The smallest absolute Gasteiger partial charge is 0.351 e. The number of hydrogen-bond donors (Lipinski definition) is 1. The first-order chi connectivity index (χ1) is 9.56.